The van der Waals surface area contributed by atoms with E-state index in [2.05, 4.69) is 21.2 Å². The summed E-state index contributed by atoms with van der Waals surface area (Å²) < 4.78 is 18.0. The normalized spacial score (nSPS) is 14.4. The van der Waals surface area contributed by atoms with Crippen molar-refractivity contribution in [3.8, 4) is 17.2 Å². The summed E-state index contributed by atoms with van der Waals surface area (Å²) in [6, 6.07) is 14.8. The Balaban J connectivity index is 1.62. The molecule has 1 aliphatic rings. The summed E-state index contributed by atoms with van der Waals surface area (Å²) >= 11 is 16.1. The van der Waals surface area contributed by atoms with Gasteiger partial charge in [-0.05, 0) is 60.0 Å². The van der Waals surface area contributed by atoms with E-state index < -0.39 is 17.8 Å². The highest BCUT2D eigenvalue weighted by Gasteiger charge is 2.36. The second-order valence-electron chi connectivity index (χ2n) is 8.76. The van der Waals surface area contributed by atoms with E-state index >= 15 is 0 Å². The molecule has 0 saturated carbocycles. The molecule has 208 valence electrons. The maximum Gasteiger partial charge on any atom is 0.331 e. The van der Waals surface area contributed by atoms with Crippen molar-refractivity contribution in [2.45, 2.75) is 26.5 Å². The number of carbonyl (C=O) groups is 3. The van der Waals surface area contributed by atoms with Crippen LogP contribution in [0.2, 0.25) is 10.0 Å². The summed E-state index contributed by atoms with van der Waals surface area (Å²) in [5.41, 5.74) is 1.50. The van der Waals surface area contributed by atoms with Crippen LogP contribution in [0.3, 0.4) is 0 Å². The number of imide groups is 2. The molecule has 3 aromatic carbocycles. The number of nitrogens with zero attached hydrogens (tertiary/aromatic N) is 1. The zero-order chi connectivity index (χ0) is 28.8. The average Bonchev–Trinajstić information content (AvgIpc) is 2.92. The fourth-order valence-electron chi connectivity index (χ4n) is 3.89. The largest absolute Gasteiger partial charge is 0.493 e. The molecule has 0 aliphatic carbocycles. The number of ether oxygens (including phenoxy) is 3. The lowest BCUT2D eigenvalue weighted by Crippen LogP contribution is -2.53. The minimum absolute atomic E-state index is 0.108. The number of nitrogens with one attached hydrogen (secondary N) is 1. The molecule has 11 heteroatoms. The standard InChI is InChI=1S/C29H25BrCl2N2O6/c1-3-10-39-24-9-6-18(11-25(24)38-2)15-34-28(36)22(27(35)33-29(34)37)13-19-12-21(31)14-23(32)26(19)40-16-17-4-7-20(30)8-5-17/h4-9,11-14H,3,10,15-16H2,1-2H3,(H,33,35,37)/b22-13+. The first-order valence-electron chi connectivity index (χ1n) is 12.2. The second-order valence-corrected chi connectivity index (χ2v) is 10.5. The Hall–Kier alpha value is -3.53. The van der Waals surface area contributed by atoms with E-state index in [4.69, 9.17) is 37.4 Å². The number of barbiturate groups is 1. The smallest absolute Gasteiger partial charge is 0.331 e. The molecule has 8 nitrogen and oxygen atoms in total. The number of hydrogen-bond donors (Lipinski definition) is 1. The van der Waals surface area contributed by atoms with E-state index in [1.165, 1.54) is 25.3 Å². The molecule has 0 unspecified atom stereocenters. The minimum Gasteiger partial charge on any atom is -0.493 e. The topological polar surface area (TPSA) is 94.2 Å². The van der Waals surface area contributed by atoms with Gasteiger partial charge in [0.15, 0.2) is 11.5 Å². The molecule has 0 spiro atoms. The highest BCUT2D eigenvalue weighted by molar-refractivity contribution is 9.10. The molecular weight excluding hydrogens is 623 g/mol. The number of amides is 4. The van der Waals surface area contributed by atoms with E-state index in [1.54, 1.807) is 18.2 Å². The minimum atomic E-state index is -0.845. The van der Waals surface area contributed by atoms with Crippen molar-refractivity contribution < 1.29 is 28.6 Å². The molecule has 40 heavy (non-hydrogen) atoms. The van der Waals surface area contributed by atoms with Crippen molar-refractivity contribution in [1.29, 1.82) is 0 Å². The van der Waals surface area contributed by atoms with Crippen LogP contribution in [-0.2, 0) is 22.7 Å². The predicted octanol–water partition coefficient (Wildman–Crippen LogP) is 6.79. The zero-order valence-electron chi connectivity index (χ0n) is 21.6. The maximum atomic E-state index is 13.4. The number of urea groups is 1. The van der Waals surface area contributed by atoms with Crippen molar-refractivity contribution in [1.82, 2.24) is 10.2 Å². The third-order valence-corrected chi connectivity index (χ3v) is 6.88. The number of rotatable bonds is 10. The molecule has 1 fully saturated rings. The molecule has 4 amide bonds. The summed E-state index contributed by atoms with van der Waals surface area (Å²) in [4.78, 5) is 39.8. The Labute approximate surface area is 249 Å². The fraction of sp³-hybridized carbons (Fsp3) is 0.207. The molecule has 0 bridgehead atoms. The fourth-order valence-corrected chi connectivity index (χ4v) is 4.72. The van der Waals surface area contributed by atoms with Crippen molar-refractivity contribution >= 4 is 63.1 Å². The van der Waals surface area contributed by atoms with Gasteiger partial charge in [-0.1, -0.05) is 64.3 Å². The second kappa shape index (κ2) is 13.2. The van der Waals surface area contributed by atoms with Crippen LogP contribution < -0.4 is 19.5 Å². The van der Waals surface area contributed by atoms with Gasteiger partial charge in [0, 0.05) is 15.1 Å². The third-order valence-electron chi connectivity index (χ3n) is 5.85. The monoisotopic (exact) mass is 646 g/mol. The van der Waals surface area contributed by atoms with Gasteiger partial charge >= 0.3 is 6.03 Å². The van der Waals surface area contributed by atoms with Gasteiger partial charge in [-0.3, -0.25) is 19.8 Å². The molecule has 0 atom stereocenters. The van der Waals surface area contributed by atoms with E-state index in [9.17, 15) is 14.4 Å². The van der Waals surface area contributed by atoms with Crippen molar-refractivity contribution in [3.63, 3.8) is 0 Å². The van der Waals surface area contributed by atoms with Crippen LogP contribution in [0.1, 0.15) is 30.0 Å². The van der Waals surface area contributed by atoms with Crippen molar-refractivity contribution in [2.24, 2.45) is 0 Å². The van der Waals surface area contributed by atoms with Crippen LogP contribution in [-0.4, -0.2) is 36.5 Å². The van der Waals surface area contributed by atoms with Gasteiger partial charge in [0.25, 0.3) is 11.8 Å². The summed E-state index contributed by atoms with van der Waals surface area (Å²) in [7, 11) is 1.50. The SMILES string of the molecule is CCCOc1ccc(CN2C(=O)NC(=O)/C(=C\c3cc(Cl)cc(Cl)c3OCc3ccc(Br)cc3)C2=O)cc1OC. The van der Waals surface area contributed by atoms with E-state index in [0.29, 0.717) is 29.2 Å². The first-order chi connectivity index (χ1) is 19.2. The van der Waals surface area contributed by atoms with E-state index in [1.807, 2.05) is 31.2 Å². The molecule has 0 radical (unpaired) electrons. The highest BCUT2D eigenvalue weighted by atomic mass is 79.9. The number of hydrogen-bond acceptors (Lipinski definition) is 6. The highest BCUT2D eigenvalue weighted by Crippen LogP contribution is 2.35. The molecule has 1 saturated heterocycles. The lowest BCUT2D eigenvalue weighted by atomic mass is 10.1. The van der Waals surface area contributed by atoms with Gasteiger partial charge in [0.2, 0.25) is 0 Å². The van der Waals surface area contributed by atoms with Gasteiger partial charge in [-0.2, -0.15) is 0 Å². The Morgan fingerprint density at radius 3 is 2.38 bits per heavy atom. The van der Waals surface area contributed by atoms with E-state index in [0.717, 1.165) is 21.4 Å². The van der Waals surface area contributed by atoms with Crippen LogP contribution in [0.5, 0.6) is 17.2 Å². The number of benzene rings is 3. The van der Waals surface area contributed by atoms with Crippen molar-refractivity contribution in [2.75, 3.05) is 13.7 Å². The molecule has 4 rings (SSSR count). The summed E-state index contributed by atoms with van der Waals surface area (Å²) in [5.74, 6) is -0.385. The van der Waals surface area contributed by atoms with Crippen LogP contribution >= 0.6 is 39.1 Å². The maximum absolute atomic E-state index is 13.4. The Kier molecular flexibility index (Phi) is 9.73. The quantitative estimate of drug-likeness (QED) is 0.192. The molecule has 1 N–H and O–H groups in total. The van der Waals surface area contributed by atoms with Crippen LogP contribution in [0.15, 0.2) is 64.6 Å². The summed E-state index contributed by atoms with van der Waals surface area (Å²) in [5, 5.41) is 2.70. The first kappa shape index (κ1) is 29.5. The van der Waals surface area contributed by atoms with Gasteiger partial charge in [0.05, 0.1) is 25.3 Å². The van der Waals surface area contributed by atoms with Gasteiger partial charge < -0.3 is 14.2 Å². The molecule has 0 aromatic heterocycles. The van der Waals surface area contributed by atoms with Crippen LogP contribution in [0.25, 0.3) is 6.08 Å². The number of carbonyl (C=O) groups excluding carboxylic acids is 3. The van der Waals surface area contributed by atoms with Gasteiger partial charge in [0.1, 0.15) is 17.9 Å². The lowest BCUT2D eigenvalue weighted by molar-refractivity contribution is -0.130. The molecule has 1 aliphatic heterocycles. The average molecular weight is 648 g/mol. The zero-order valence-corrected chi connectivity index (χ0v) is 24.7. The lowest BCUT2D eigenvalue weighted by Gasteiger charge is -2.27. The Morgan fingerprint density at radius 1 is 0.950 bits per heavy atom. The van der Waals surface area contributed by atoms with Gasteiger partial charge in [-0.15, -0.1) is 0 Å². The van der Waals surface area contributed by atoms with Crippen LogP contribution in [0, 0.1) is 0 Å². The molecule has 3 aromatic rings. The van der Waals surface area contributed by atoms with Crippen molar-refractivity contribution in [3.05, 3.63) is 91.4 Å². The molecule has 1 heterocycles. The summed E-state index contributed by atoms with van der Waals surface area (Å²) in [6.07, 6.45) is 2.14. The predicted molar refractivity (Wildman–Crippen MR) is 156 cm³/mol. The number of halogens is 3. The Morgan fingerprint density at radius 2 is 1.68 bits per heavy atom. The first-order valence-corrected chi connectivity index (χ1v) is 13.8. The van der Waals surface area contributed by atoms with Crippen LogP contribution in [0.4, 0.5) is 4.79 Å². The summed E-state index contributed by atoms with van der Waals surface area (Å²) in [6.45, 7) is 2.57. The molecular formula is C29H25BrCl2N2O6. The van der Waals surface area contributed by atoms with E-state index in [-0.39, 0.29) is 34.5 Å². The third kappa shape index (κ3) is 6.96. The Bertz CT molecular complexity index is 1480. The number of methoxy groups -OCH3 is 1. The van der Waals surface area contributed by atoms with Gasteiger partial charge in [-0.25, -0.2) is 4.79 Å².